The molecule has 0 fully saturated rings. The number of rotatable bonds is 58. The van der Waals surface area contributed by atoms with Crippen molar-refractivity contribution in [2.75, 3.05) is 19.8 Å². The Bertz CT molecular complexity index is 1040. The van der Waals surface area contributed by atoms with Crippen LogP contribution in [0.4, 0.5) is 0 Å². The van der Waals surface area contributed by atoms with E-state index in [0.29, 0.717) is 19.4 Å². The molecule has 0 rings (SSSR count). The summed E-state index contributed by atoms with van der Waals surface area (Å²) in [6.45, 7) is 7.83. The lowest BCUT2D eigenvalue weighted by Crippen LogP contribution is -2.30. The first-order valence-electron chi connectivity index (χ1n) is 30.9. The number of esters is 2. The van der Waals surface area contributed by atoms with Crippen LogP contribution in [0.3, 0.4) is 0 Å². The third-order valence-corrected chi connectivity index (χ3v) is 14.0. The molecule has 0 saturated heterocycles. The summed E-state index contributed by atoms with van der Waals surface area (Å²) in [4.78, 5) is 25.6. The van der Waals surface area contributed by atoms with Gasteiger partial charge < -0.3 is 14.2 Å². The van der Waals surface area contributed by atoms with Crippen LogP contribution in [0.15, 0.2) is 24.3 Å². The fraction of sp³-hybridized carbons (Fsp3) is 0.905. The maximum absolute atomic E-state index is 12.9. The van der Waals surface area contributed by atoms with Crippen LogP contribution < -0.4 is 0 Å². The Hall–Kier alpha value is -1.62. The molecule has 0 aromatic heterocycles. The van der Waals surface area contributed by atoms with E-state index in [1.165, 1.54) is 263 Å². The minimum atomic E-state index is -0.535. The Kier molecular flexibility index (Phi) is 58.3. The number of unbranched alkanes of at least 4 members (excludes halogenated alkanes) is 43. The normalized spacial score (nSPS) is 12.2. The molecule has 0 aromatic carbocycles. The molecule has 68 heavy (non-hydrogen) atoms. The van der Waals surface area contributed by atoms with Gasteiger partial charge in [0.25, 0.3) is 0 Å². The molecular formula is C63H120O5. The SMILES string of the molecule is CCC/C=C\C/C=C\CCCCCCCCOCC(COC(=O)CCCCCCCCCCCCCCCCCCCCC)OC(=O)CCCCCCCCCCCCCCCCCCCCC. The van der Waals surface area contributed by atoms with Crippen LogP contribution in [0, 0.1) is 0 Å². The molecule has 0 aliphatic carbocycles. The van der Waals surface area contributed by atoms with Gasteiger partial charge in [0, 0.05) is 19.4 Å². The highest BCUT2D eigenvalue weighted by Crippen LogP contribution is 2.18. The van der Waals surface area contributed by atoms with Gasteiger partial charge in [-0.15, -0.1) is 0 Å². The van der Waals surface area contributed by atoms with Crippen LogP contribution in [-0.2, 0) is 23.8 Å². The number of hydrogen-bond donors (Lipinski definition) is 0. The maximum Gasteiger partial charge on any atom is 0.306 e. The number of carbonyl (C=O) groups excluding carboxylic acids is 2. The predicted molar refractivity (Wildman–Crippen MR) is 298 cm³/mol. The third kappa shape index (κ3) is 57.0. The second kappa shape index (κ2) is 59.7. The topological polar surface area (TPSA) is 61.8 Å². The monoisotopic (exact) mass is 957 g/mol. The highest BCUT2D eigenvalue weighted by Gasteiger charge is 2.18. The molecule has 402 valence electrons. The molecule has 0 spiro atoms. The summed E-state index contributed by atoms with van der Waals surface area (Å²) in [6.07, 6.45) is 72.1. The third-order valence-electron chi connectivity index (χ3n) is 14.0. The summed E-state index contributed by atoms with van der Waals surface area (Å²) in [5.74, 6) is -0.376. The quantitative estimate of drug-likeness (QED) is 0.0345. The van der Waals surface area contributed by atoms with E-state index in [-0.39, 0.29) is 25.2 Å². The Morgan fingerprint density at radius 1 is 0.324 bits per heavy atom. The van der Waals surface area contributed by atoms with Crippen molar-refractivity contribution in [3.63, 3.8) is 0 Å². The Balaban J connectivity index is 4.18. The van der Waals surface area contributed by atoms with Gasteiger partial charge in [-0.3, -0.25) is 9.59 Å². The molecule has 1 atom stereocenters. The molecule has 0 heterocycles. The molecule has 0 aliphatic rings. The van der Waals surface area contributed by atoms with Crippen molar-refractivity contribution < 1.29 is 23.8 Å². The molecule has 0 amide bonds. The fourth-order valence-corrected chi connectivity index (χ4v) is 9.38. The van der Waals surface area contributed by atoms with Crippen molar-refractivity contribution in [2.24, 2.45) is 0 Å². The van der Waals surface area contributed by atoms with Crippen LogP contribution >= 0.6 is 0 Å². The molecule has 0 bridgehead atoms. The zero-order valence-corrected chi connectivity index (χ0v) is 46.4. The zero-order valence-electron chi connectivity index (χ0n) is 46.4. The lowest BCUT2D eigenvalue weighted by molar-refractivity contribution is -0.163. The zero-order chi connectivity index (χ0) is 49.2. The number of carbonyl (C=O) groups is 2. The Morgan fingerprint density at radius 2 is 0.647 bits per heavy atom. The first-order chi connectivity index (χ1) is 33.6. The molecule has 0 radical (unpaired) electrons. The van der Waals surface area contributed by atoms with Crippen molar-refractivity contribution in [3.8, 4) is 0 Å². The van der Waals surface area contributed by atoms with Crippen LogP contribution in [0.1, 0.15) is 342 Å². The highest BCUT2D eigenvalue weighted by atomic mass is 16.6. The molecule has 0 aliphatic heterocycles. The molecule has 0 saturated carbocycles. The summed E-state index contributed by atoms with van der Waals surface area (Å²) >= 11 is 0. The summed E-state index contributed by atoms with van der Waals surface area (Å²) in [7, 11) is 0. The van der Waals surface area contributed by atoms with Crippen LogP contribution in [0.25, 0.3) is 0 Å². The number of hydrogen-bond acceptors (Lipinski definition) is 5. The standard InChI is InChI=1S/C63H120O5/c1-4-7-10-13-16-19-22-25-28-30-32-34-36-38-41-44-47-50-53-56-62(64)67-60-61(59-66-58-55-52-49-46-43-40-27-24-21-18-15-12-9-6-3)68-63(65)57-54-51-48-45-42-39-37-35-33-31-29-26-23-20-17-14-11-8-5-2/h12,15,21,24,61H,4-11,13-14,16-20,22-23,25-60H2,1-3H3/b15-12-,24-21-. The number of allylic oxidation sites excluding steroid dienone is 4. The van der Waals surface area contributed by atoms with Gasteiger partial charge >= 0.3 is 11.9 Å². The summed E-state index contributed by atoms with van der Waals surface area (Å²) in [5, 5.41) is 0. The van der Waals surface area contributed by atoms with Crippen molar-refractivity contribution in [2.45, 2.75) is 348 Å². The van der Waals surface area contributed by atoms with Gasteiger partial charge in [-0.1, -0.05) is 308 Å². The first kappa shape index (κ1) is 66.4. The fourth-order valence-electron chi connectivity index (χ4n) is 9.38. The minimum Gasteiger partial charge on any atom is -0.462 e. The minimum absolute atomic E-state index is 0.0896. The van der Waals surface area contributed by atoms with Crippen molar-refractivity contribution in [1.82, 2.24) is 0 Å². The van der Waals surface area contributed by atoms with E-state index in [4.69, 9.17) is 14.2 Å². The predicted octanol–water partition coefficient (Wildman–Crippen LogP) is 21.1. The van der Waals surface area contributed by atoms with E-state index < -0.39 is 6.10 Å². The molecule has 0 N–H and O–H groups in total. The average molecular weight is 958 g/mol. The summed E-state index contributed by atoms with van der Waals surface area (Å²) < 4.78 is 17.5. The largest absolute Gasteiger partial charge is 0.462 e. The Morgan fingerprint density at radius 3 is 1.03 bits per heavy atom. The average Bonchev–Trinajstić information content (AvgIpc) is 3.34. The lowest BCUT2D eigenvalue weighted by atomic mass is 10.0. The maximum atomic E-state index is 12.9. The van der Waals surface area contributed by atoms with Gasteiger partial charge in [-0.05, 0) is 44.9 Å². The first-order valence-corrected chi connectivity index (χ1v) is 30.9. The van der Waals surface area contributed by atoms with Gasteiger partial charge in [-0.2, -0.15) is 0 Å². The molecule has 5 nitrogen and oxygen atoms in total. The van der Waals surface area contributed by atoms with E-state index in [1.807, 2.05) is 0 Å². The van der Waals surface area contributed by atoms with Crippen LogP contribution in [0.5, 0.6) is 0 Å². The second-order valence-electron chi connectivity index (χ2n) is 21.0. The van der Waals surface area contributed by atoms with E-state index in [0.717, 1.165) is 44.9 Å². The van der Waals surface area contributed by atoms with Crippen LogP contribution in [-0.4, -0.2) is 37.9 Å². The highest BCUT2D eigenvalue weighted by molar-refractivity contribution is 5.70. The van der Waals surface area contributed by atoms with Gasteiger partial charge in [0.2, 0.25) is 0 Å². The van der Waals surface area contributed by atoms with Crippen molar-refractivity contribution in [1.29, 1.82) is 0 Å². The second-order valence-corrected chi connectivity index (χ2v) is 21.0. The van der Waals surface area contributed by atoms with E-state index in [9.17, 15) is 9.59 Å². The molecule has 5 heteroatoms. The van der Waals surface area contributed by atoms with Crippen LogP contribution in [0.2, 0.25) is 0 Å². The van der Waals surface area contributed by atoms with Crippen molar-refractivity contribution in [3.05, 3.63) is 24.3 Å². The van der Waals surface area contributed by atoms with E-state index in [2.05, 4.69) is 45.1 Å². The Labute approximate surface area is 426 Å². The van der Waals surface area contributed by atoms with Gasteiger partial charge in [-0.25, -0.2) is 0 Å². The van der Waals surface area contributed by atoms with Gasteiger partial charge in [0.15, 0.2) is 6.10 Å². The van der Waals surface area contributed by atoms with Crippen molar-refractivity contribution >= 4 is 11.9 Å². The number of ether oxygens (including phenoxy) is 3. The summed E-state index contributed by atoms with van der Waals surface area (Å²) in [6, 6.07) is 0. The van der Waals surface area contributed by atoms with E-state index in [1.54, 1.807) is 0 Å². The summed E-state index contributed by atoms with van der Waals surface area (Å²) in [5.41, 5.74) is 0. The van der Waals surface area contributed by atoms with Gasteiger partial charge in [0.1, 0.15) is 6.61 Å². The van der Waals surface area contributed by atoms with Gasteiger partial charge in [0.05, 0.1) is 6.61 Å². The lowest BCUT2D eigenvalue weighted by Gasteiger charge is -2.18. The molecular weight excluding hydrogens is 837 g/mol. The molecule has 0 aromatic rings. The van der Waals surface area contributed by atoms with E-state index >= 15 is 0 Å². The smallest absolute Gasteiger partial charge is 0.306 e. The molecule has 1 unspecified atom stereocenters.